The van der Waals surface area contributed by atoms with Gasteiger partial charge in [-0.1, -0.05) is 69.2 Å². The lowest BCUT2D eigenvalue weighted by molar-refractivity contribution is -0.252. The van der Waals surface area contributed by atoms with E-state index in [1.807, 2.05) is 20.8 Å². The van der Waals surface area contributed by atoms with Crippen molar-refractivity contribution in [1.29, 1.82) is 0 Å². The lowest BCUT2D eigenvalue weighted by Crippen LogP contribution is -2.68. The van der Waals surface area contributed by atoms with Crippen LogP contribution in [-0.2, 0) is 19.1 Å². The van der Waals surface area contributed by atoms with Gasteiger partial charge in [-0.25, -0.2) is 0 Å². The number of amides is 1. The Hall–Kier alpha value is -2.45. The highest BCUT2D eigenvalue weighted by molar-refractivity contribution is 5.84. The Labute approximate surface area is 341 Å². The fraction of sp³-hybridized carbons (Fsp3) is 0.896. The first-order chi connectivity index (χ1) is 26.5. The third-order valence-corrected chi connectivity index (χ3v) is 21.3. The Morgan fingerprint density at radius 3 is 2.04 bits per heavy atom. The molecular weight excluding hydrogens is 715 g/mol. The Balaban J connectivity index is 0.954. The number of nitrogens with one attached hydrogen (secondary N) is 1. The number of esters is 1. The Kier molecular flexibility index (Phi) is 8.64. The summed E-state index contributed by atoms with van der Waals surface area (Å²) in [5.41, 5.74) is -0.355. The van der Waals surface area contributed by atoms with Crippen molar-refractivity contribution in [2.24, 2.45) is 84.7 Å². The van der Waals surface area contributed by atoms with Gasteiger partial charge in [0, 0.05) is 24.3 Å². The van der Waals surface area contributed by atoms with Crippen LogP contribution in [0.5, 0.6) is 0 Å². The van der Waals surface area contributed by atoms with E-state index in [0.29, 0.717) is 59.1 Å². The number of aryl methyl sites for hydroxylation is 1. The molecule has 9 nitrogen and oxygen atoms in total. The van der Waals surface area contributed by atoms with Crippen LogP contribution >= 0.6 is 0 Å². The minimum Gasteiger partial charge on any atom is -0.481 e. The number of hydrogen-bond acceptors (Lipinski definition) is 7. The molecule has 0 bridgehead atoms. The largest absolute Gasteiger partial charge is 0.481 e. The van der Waals surface area contributed by atoms with Crippen LogP contribution in [0.3, 0.4) is 0 Å². The molecule has 1 aromatic rings. The third kappa shape index (κ3) is 5.26. The van der Waals surface area contributed by atoms with Gasteiger partial charge in [0.1, 0.15) is 6.10 Å². The first-order valence-electron chi connectivity index (χ1n) is 23.0. The molecule has 57 heavy (non-hydrogen) atoms. The van der Waals surface area contributed by atoms with E-state index >= 15 is 4.79 Å². The predicted molar refractivity (Wildman–Crippen MR) is 216 cm³/mol. The van der Waals surface area contributed by atoms with Crippen molar-refractivity contribution in [3.05, 3.63) is 11.8 Å². The summed E-state index contributed by atoms with van der Waals surface area (Å²) in [5.74, 6) is 2.54. The molecule has 0 unspecified atom stereocenters. The lowest BCUT2D eigenvalue weighted by atomic mass is 9.32. The molecule has 2 N–H and O–H groups in total. The topological polar surface area (TPSA) is 132 Å². The molecular formula is C48H73N3O6. The molecule has 8 aliphatic rings. The van der Waals surface area contributed by atoms with Crippen LogP contribution in [0.1, 0.15) is 177 Å². The quantitative estimate of drug-likeness (QED) is 0.261. The first kappa shape index (κ1) is 40.0. The molecule has 1 heterocycles. The zero-order valence-corrected chi connectivity index (χ0v) is 37.1. The number of aromatic nitrogens is 2. The summed E-state index contributed by atoms with van der Waals surface area (Å²) in [7, 11) is 0. The van der Waals surface area contributed by atoms with Crippen LogP contribution in [0.15, 0.2) is 4.42 Å². The normalized spacial score (nSPS) is 48.1. The van der Waals surface area contributed by atoms with E-state index in [0.717, 1.165) is 44.9 Å². The van der Waals surface area contributed by atoms with Gasteiger partial charge in [0.05, 0.1) is 17.3 Å². The summed E-state index contributed by atoms with van der Waals surface area (Å²) in [4.78, 5) is 40.6. The maximum atomic E-state index is 15.1. The number of carbonyl (C=O) groups excluding carboxylic acids is 2. The van der Waals surface area contributed by atoms with E-state index in [-0.39, 0.29) is 62.4 Å². The third-order valence-electron chi connectivity index (χ3n) is 21.3. The van der Waals surface area contributed by atoms with Crippen LogP contribution in [0, 0.1) is 91.7 Å². The van der Waals surface area contributed by atoms with E-state index in [1.54, 1.807) is 0 Å². The fourth-order valence-electron chi connectivity index (χ4n) is 16.8. The second kappa shape index (κ2) is 12.3. The van der Waals surface area contributed by atoms with Gasteiger partial charge in [-0.05, 0) is 152 Å². The van der Waals surface area contributed by atoms with Crippen molar-refractivity contribution in [2.45, 2.75) is 184 Å². The molecule has 9 rings (SSSR count). The minimum absolute atomic E-state index is 0.101. The summed E-state index contributed by atoms with van der Waals surface area (Å²) in [6.07, 6.45) is 14.7. The summed E-state index contributed by atoms with van der Waals surface area (Å²) < 4.78 is 12.3. The molecule has 0 spiro atoms. The summed E-state index contributed by atoms with van der Waals surface area (Å²) in [5, 5.41) is 21.9. The van der Waals surface area contributed by atoms with E-state index in [4.69, 9.17) is 9.15 Å². The second-order valence-corrected chi connectivity index (χ2v) is 24.2. The van der Waals surface area contributed by atoms with Gasteiger partial charge in [-0.2, -0.15) is 0 Å². The Bertz CT molecular complexity index is 1840. The zero-order chi connectivity index (χ0) is 41.1. The number of nitrogens with zero attached hydrogens (tertiary/aromatic N) is 2. The highest BCUT2D eigenvalue weighted by Gasteiger charge is 2.74. The number of carbonyl (C=O) groups is 3. The van der Waals surface area contributed by atoms with Gasteiger partial charge in [0.25, 0.3) is 0 Å². The molecule has 1 aromatic heterocycles. The average molecular weight is 788 g/mol. The number of hydrogen-bond donors (Lipinski definition) is 2. The van der Waals surface area contributed by atoms with E-state index < -0.39 is 17.3 Å². The Morgan fingerprint density at radius 2 is 1.42 bits per heavy atom. The van der Waals surface area contributed by atoms with Crippen LogP contribution in [0.25, 0.3) is 0 Å². The van der Waals surface area contributed by atoms with Crippen molar-refractivity contribution < 1.29 is 28.6 Å². The molecule has 0 aromatic carbocycles. The maximum Gasteiger partial charge on any atom is 0.309 e. The van der Waals surface area contributed by atoms with E-state index in [1.165, 1.54) is 38.5 Å². The number of rotatable bonds is 7. The zero-order valence-electron chi connectivity index (χ0n) is 37.1. The molecule has 8 saturated carbocycles. The molecule has 316 valence electrons. The summed E-state index contributed by atoms with van der Waals surface area (Å²) in [6, 6.07) is 0.101. The van der Waals surface area contributed by atoms with Crippen LogP contribution in [0.2, 0.25) is 0 Å². The second-order valence-electron chi connectivity index (χ2n) is 24.2. The van der Waals surface area contributed by atoms with Crippen molar-refractivity contribution in [1.82, 2.24) is 15.5 Å². The number of aliphatic carboxylic acids is 1. The number of ether oxygens (including phenoxy) is 1. The molecule has 0 aliphatic heterocycles. The summed E-state index contributed by atoms with van der Waals surface area (Å²) >= 11 is 0. The molecule has 8 aliphatic carbocycles. The maximum absolute atomic E-state index is 15.1. The van der Waals surface area contributed by atoms with Gasteiger partial charge in [0.2, 0.25) is 17.7 Å². The van der Waals surface area contributed by atoms with Crippen molar-refractivity contribution in [3.8, 4) is 0 Å². The van der Waals surface area contributed by atoms with Gasteiger partial charge in [-0.15, -0.1) is 10.2 Å². The van der Waals surface area contributed by atoms with Gasteiger partial charge in [-0.3, -0.25) is 14.4 Å². The smallest absolute Gasteiger partial charge is 0.309 e. The molecule has 8 fully saturated rings. The first-order valence-corrected chi connectivity index (χ1v) is 23.0. The monoisotopic (exact) mass is 788 g/mol. The fourth-order valence-corrected chi connectivity index (χ4v) is 16.8. The Morgan fingerprint density at radius 1 is 0.702 bits per heavy atom. The van der Waals surface area contributed by atoms with Crippen molar-refractivity contribution >= 4 is 17.8 Å². The van der Waals surface area contributed by atoms with Crippen LogP contribution in [-0.4, -0.2) is 45.3 Å². The molecule has 0 saturated heterocycles. The standard InChI is InChI=1S/C48H73N3O6/c1-26-50-51-37(56-26)29-25-34(42(29,4)5)49-40(55)48-19-14-27(44(8)20-21-44)36(48)28-12-13-33-45(9)17-16-35(57-39(54)31-24-30(38(52)53)41(31,2)3)43(6,7)32(45)15-18-47(33,11)46(28,10)22-23-48/h27-36H,12-25H2,1-11H3,(H,49,55)(H,52,53)/t27-,28-,29-,30+,31-,32+,33-,34-,35+,36-,45+,46-,47-,48+/m1/s1. The molecule has 14 atom stereocenters. The number of carboxylic acid groups (broad SMARTS) is 1. The van der Waals surface area contributed by atoms with Gasteiger partial charge < -0.3 is 19.6 Å². The molecule has 0 radical (unpaired) electrons. The lowest BCUT2D eigenvalue weighted by Gasteiger charge is -2.73. The minimum atomic E-state index is -0.813. The highest BCUT2D eigenvalue weighted by atomic mass is 16.5. The number of fused-ring (bicyclic) bond motifs is 7. The van der Waals surface area contributed by atoms with E-state index in [2.05, 4.69) is 70.9 Å². The SMILES string of the molecule is Cc1nnc([C@H]2C[C@@H](NC(=O)[C@]34CC[C@@H](C5(C)CC5)[C@@H]3[C@H]3CC[C@@H]5[C@@]6(C)CC[C@H](OC(=O)[C@H]7C[C@@H](C(=O)O)C7(C)C)C(C)(C)[C@@H]6CC[C@@]5(C)[C@]3(C)CC4)C2(C)C)o1. The highest BCUT2D eigenvalue weighted by Crippen LogP contribution is 2.79. The van der Waals surface area contributed by atoms with E-state index in [9.17, 15) is 14.7 Å². The summed E-state index contributed by atoms with van der Waals surface area (Å²) in [6.45, 7) is 25.4. The van der Waals surface area contributed by atoms with Crippen molar-refractivity contribution in [3.63, 3.8) is 0 Å². The van der Waals surface area contributed by atoms with Crippen LogP contribution < -0.4 is 5.32 Å². The van der Waals surface area contributed by atoms with Gasteiger partial charge in [0.15, 0.2) is 0 Å². The number of carboxylic acids is 1. The average Bonchev–Trinajstić information content (AvgIpc) is 3.51. The molecule has 1 amide bonds. The molecule has 9 heteroatoms. The van der Waals surface area contributed by atoms with Gasteiger partial charge >= 0.3 is 11.9 Å². The van der Waals surface area contributed by atoms with Crippen LogP contribution in [0.4, 0.5) is 0 Å². The van der Waals surface area contributed by atoms with Crippen molar-refractivity contribution in [2.75, 3.05) is 0 Å². The predicted octanol–water partition coefficient (Wildman–Crippen LogP) is 9.92.